The zero-order valence-electron chi connectivity index (χ0n) is 11.6. The van der Waals surface area contributed by atoms with Gasteiger partial charge in [-0.25, -0.2) is 14.8 Å². The highest BCUT2D eigenvalue weighted by Gasteiger charge is 2.29. The number of carbonyl (C=O) groups excluding carboxylic acids is 1. The Labute approximate surface area is 118 Å². The highest BCUT2D eigenvalue weighted by atomic mass is 32.2. The van der Waals surface area contributed by atoms with Crippen LogP contribution in [0.15, 0.2) is 12.3 Å². The second kappa shape index (κ2) is 5.77. The van der Waals surface area contributed by atoms with Crippen LogP contribution in [-0.4, -0.2) is 44.5 Å². The van der Waals surface area contributed by atoms with Crippen LogP contribution in [0.1, 0.15) is 25.4 Å². The van der Waals surface area contributed by atoms with Gasteiger partial charge in [0.25, 0.3) is 0 Å². The van der Waals surface area contributed by atoms with Gasteiger partial charge in [-0.15, -0.1) is 0 Å². The summed E-state index contributed by atoms with van der Waals surface area (Å²) >= 11 is 1.92. The molecule has 1 aromatic rings. The number of aromatic nitrogens is 2. The molecule has 104 valence electrons. The lowest BCUT2D eigenvalue weighted by molar-refractivity contribution is 0.194. The molecule has 19 heavy (non-hydrogen) atoms. The molecule has 0 unspecified atom stereocenters. The molecule has 0 spiro atoms. The Morgan fingerprint density at radius 1 is 1.58 bits per heavy atom. The van der Waals surface area contributed by atoms with Crippen molar-refractivity contribution >= 4 is 17.8 Å². The fourth-order valence-electron chi connectivity index (χ4n) is 2.07. The van der Waals surface area contributed by atoms with E-state index in [1.807, 2.05) is 29.7 Å². The first kappa shape index (κ1) is 14.1. The molecule has 0 bridgehead atoms. The Hall–Kier alpha value is -1.30. The predicted molar refractivity (Wildman–Crippen MR) is 77.1 cm³/mol. The fourth-order valence-corrected chi connectivity index (χ4v) is 3.18. The van der Waals surface area contributed by atoms with Crippen LogP contribution in [0.25, 0.3) is 0 Å². The number of nitrogens with zero attached hydrogens (tertiary/aromatic N) is 3. The van der Waals surface area contributed by atoms with Gasteiger partial charge in [0.2, 0.25) is 0 Å². The first-order chi connectivity index (χ1) is 8.96. The van der Waals surface area contributed by atoms with Crippen LogP contribution in [0.2, 0.25) is 0 Å². The molecule has 1 aromatic heterocycles. The maximum Gasteiger partial charge on any atom is 0.317 e. The summed E-state index contributed by atoms with van der Waals surface area (Å²) in [6, 6.07) is 1.81. The topological polar surface area (TPSA) is 58.1 Å². The van der Waals surface area contributed by atoms with Crippen molar-refractivity contribution in [1.82, 2.24) is 20.2 Å². The monoisotopic (exact) mass is 280 g/mol. The number of hydrogen-bond acceptors (Lipinski definition) is 4. The standard InChI is InChI=1S/C13H20N4OS/c1-10-14-5-4-11(16-10)8-15-12(18)17-6-7-19-13(2,3)9-17/h4-5H,6-9H2,1-3H3,(H,15,18). The van der Waals surface area contributed by atoms with Crippen LogP contribution >= 0.6 is 11.8 Å². The van der Waals surface area contributed by atoms with Gasteiger partial charge in [0.05, 0.1) is 12.2 Å². The Balaban J connectivity index is 1.87. The third-order valence-electron chi connectivity index (χ3n) is 2.97. The molecule has 0 aliphatic carbocycles. The molecular weight excluding hydrogens is 260 g/mol. The van der Waals surface area contributed by atoms with E-state index in [4.69, 9.17) is 0 Å². The van der Waals surface area contributed by atoms with Gasteiger partial charge in [-0.1, -0.05) is 0 Å². The van der Waals surface area contributed by atoms with Gasteiger partial charge in [-0.05, 0) is 26.8 Å². The summed E-state index contributed by atoms with van der Waals surface area (Å²) in [6.07, 6.45) is 1.71. The second-order valence-corrected chi connectivity index (χ2v) is 7.09. The van der Waals surface area contributed by atoms with Gasteiger partial charge in [-0.2, -0.15) is 11.8 Å². The summed E-state index contributed by atoms with van der Waals surface area (Å²) in [5.74, 6) is 1.72. The van der Waals surface area contributed by atoms with Gasteiger partial charge in [-0.3, -0.25) is 0 Å². The Morgan fingerprint density at radius 2 is 2.37 bits per heavy atom. The molecular formula is C13H20N4OS. The molecule has 1 aliphatic heterocycles. The molecule has 1 N–H and O–H groups in total. The molecule has 0 atom stereocenters. The minimum atomic E-state index is -0.00959. The van der Waals surface area contributed by atoms with E-state index >= 15 is 0 Å². The van der Waals surface area contributed by atoms with Gasteiger partial charge in [0, 0.05) is 29.8 Å². The summed E-state index contributed by atoms with van der Waals surface area (Å²) < 4.78 is 0.140. The summed E-state index contributed by atoms with van der Waals surface area (Å²) in [4.78, 5) is 22.3. The molecule has 0 aromatic carbocycles. The van der Waals surface area contributed by atoms with Crippen molar-refractivity contribution in [2.24, 2.45) is 0 Å². The van der Waals surface area contributed by atoms with E-state index in [1.54, 1.807) is 6.20 Å². The summed E-state index contributed by atoms with van der Waals surface area (Å²) in [6.45, 7) is 8.23. The second-order valence-electron chi connectivity index (χ2n) is 5.28. The van der Waals surface area contributed by atoms with Crippen LogP contribution in [-0.2, 0) is 6.54 Å². The molecule has 2 rings (SSSR count). The molecule has 0 radical (unpaired) electrons. The molecule has 0 saturated carbocycles. The van der Waals surface area contributed by atoms with E-state index in [9.17, 15) is 4.79 Å². The normalized spacial score (nSPS) is 18.2. The quantitative estimate of drug-likeness (QED) is 0.898. The number of carbonyl (C=O) groups is 1. The maximum atomic E-state index is 12.1. The van der Waals surface area contributed by atoms with Gasteiger partial charge in [0.15, 0.2) is 0 Å². The molecule has 2 heterocycles. The SMILES string of the molecule is Cc1nccc(CNC(=O)N2CCSC(C)(C)C2)n1. The molecule has 2 amide bonds. The zero-order chi connectivity index (χ0) is 13.9. The lowest BCUT2D eigenvalue weighted by atomic mass is 10.2. The van der Waals surface area contributed by atoms with Crippen LogP contribution in [0.3, 0.4) is 0 Å². The summed E-state index contributed by atoms with van der Waals surface area (Å²) in [5, 5.41) is 2.92. The highest BCUT2D eigenvalue weighted by molar-refractivity contribution is 8.00. The van der Waals surface area contributed by atoms with E-state index in [0.29, 0.717) is 6.54 Å². The van der Waals surface area contributed by atoms with Crippen LogP contribution in [0.4, 0.5) is 4.79 Å². The summed E-state index contributed by atoms with van der Waals surface area (Å²) in [7, 11) is 0. The zero-order valence-corrected chi connectivity index (χ0v) is 12.5. The van der Waals surface area contributed by atoms with E-state index in [-0.39, 0.29) is 10.8 Å². The number of rotatable bonds is 2. The Morgan fingerprint density at radius 3 is 3.05 bits per heavy atom. The van der Waals surface area contributed by atoms with Gasteiger partial charge >= 0.3 is 6.03 Å². The number of amides is 2. The third kappa shape index (κ3) is 4.09. The number of hydrogen-bond donors (Lipinski definition) is 1. The van der Waals surface area contributed by atoms with Crippen molar-refractivity contribution in [3.8, 4) is 0 Å². The Kier molecular flexibility index (Phi) is 4.29. The first-order valence-electron chi connectivity index (χ1n) is 6.41. The molecule has 1 fully saturated rings. The van der Waals surface area contributed by atoms with Crippen molar-refractivity contribution in [2.75, 3.05) is 18.8 Å². The molecule has 6 heteroatoms. The number of aryl methyl sites for hydroxylation is 1. The van der Waals surface area contributed by atoms with E-state index in [2.05, 4.69) is 29.1 Å². The molecule has 1 aliphatic rings. The summed E-state index contributed by atoms with van der Waals surface area (Å²) in [5.41, 5.74) is 0.839. The van der Waals surface area contributed by atoms with Crippen molar-refractivity contribution in [1.29, 1.82) is 0 Å². The third-order valence-corrected chi connectivity index (χ3v) is 4.26. The van der Waals surface area contributed by atoms with Crippen molar-refractivity contribution in [3.63, 3.8) is 0 Å². The Bertz CT molecular complexity index is 464. The van der Waals surface area contributed by atoms with Crippen molar-refractivity contribution in [2.45, 2.75) is 32.1 Å². The van der Waals surface area contributed by atoms with E-state index in [1.165, 1.54) is 0 Å². The average Bonchev–Trinajstić information content (AvgIpc) is 2.35. The lowest BCUT2D eigenvalue weighted by Crippen LogP contribution is -2.49. The average molecular weight is 280 g/mol. The molecule has 1 saturated heterocycles. The number of nitrogens with one attached hydrogen (secondary N) is 1. The fraction of sp³-hybridized carbons (Fsp3) is 0.615. The minimum Gasteiger partial charge on any atom is -0.332 e. The van der Waals surface area contributed by atoms with Crippen molar-refractivity contribution in [3.05, 3.63) is 23.8 Å². The van der Waals surface area contributed by atoms with Crippen LogP contribution < -0.4 is 5.32 Å². The van der Waals surface area contributed by atoms with Gasteiger partial charge < -0.3 is 10.2 Å². The predicted octanol–water partition coefficient (Wildman–Crippen LogP) is 1.82. The molecule has 5 nitrogen and oxygen atoms in total. The van der Waals surface area contributed by atoms with E-state index < -0.39 is 0 Å². The number of thioether (sulfide) groups is 1. The van der Waals surface area contributed by atoms with Crippen LogP contribution in [0, 0.1) is 6.92 Å². The smallest absolute Gasteiger partial charge is 0.317 e. The largest absolute Gasteiger partial charge is 0.332 e. The lowest BCUT2D eigenvalue weighted by Gasteiger charge is -2.37. The van der Waals surface area contributed by atoms with E-state index in [0.717, 1.165) is 30.4 Å². The van der Waals surface area contributed by atoms with Crippen molar-refractivity contribution < 1.29 is 4.79 Å². The maximum absolute atomic E-state index is 12.1. The highest BCUT2D eigenvalue weighted by Crippen LogP contribution is 2.29. The minimum absolute atomic E-state index is 0.00959. The van der Waals surface area contributed by atoms with Gasteiger partial charge in [0.1, 0.15) is 5.82 Å². The first-order valence-corrected chi connectivity index (χ1v) is 7.40. The number of urea groups is 1. The van der Waals surface area contributed by atoms with Crippen LogP contribution in [0.5, 0.6) is 0 Å².